The maximum atomic E-state index is 12.0. The summed E-state index contributed by atoms with van der Waals surface area (Å²) >= 11 is 0. The topological polar surface area (TPSA) is 66.8 Å². The van der Waals surface area contributed by atoms with Gasteiger partial charge in [0.1, 0.15) is 5.60 Å². The molecule has 1 amide bonds. The first kappa shape index (κ1) is 15.1. The Bertz CT molecular complexity index is 384. The highest BCUT2D eigenvalue weighted by molar-refractivity contribution is 5.73. The third-order valence-corrected chi connectivity index (χ3v) is 4.06. The van der Waals surface area contributed by atoms with Crippen LogP contribution in [0.15, 0.2) is 0 Å². The molecule has 2 fully saturated rings. The van der Waals surface area contributed by atoms with Crippen molar-refractivity contribution in [3.05, 3.63) is 0 Å². The zero-order valence-electron chi connectivity index (χ0n) is 12.6. The number of likely N-dealkylation sites (tertiary alicyclic amines) is 1. The van der Waals surface area contributed by atoms with Gasteiger partial charge in [-0.2, -0.15) is 0 Å². The Balaban J connectivity index is 1.94. The van der Waals surface area contributed by atoms with E-state index in [2.05, 4.69) is 0 Å². The Morgan fingerprint density at radius 3 is 2.40 bits per heavy atom. The molecule has 0 aromatic carbocycles. The second kappa shape index (κ2) is 5.62. The number of carboxylic acids is 1. The van der Waals surface area contributed by atoms with Crippen LogP contribution >= 0.6 is 0 Å². The Kier molecular flexibility index (Phi) is 4.25. The summed E-state index contributed by atoms with van der Waals surface area (Å²) in [7, 11) is 0. The van der Waals surface area contributed by atoms with Crippen LogP contribution in [-0.2, 0) is 9.53 Å². The fraction of sp³-hybridized carbons (Fsp3) is 0.867. The predicted molar refractivity (Wildman–Crippen MR) is 74.4 cm³/mol. The van der Waals surface area contributed by atoms with Gasteiger partial charge < -0.3 is 14.7 Å². The number of hydrogen-bond acceptors (Lipinski definition) is 3. The monoisotopic (exact) mass is 283 g/mol. The van der Waals surface area contributed by atoms with Crippen molar-refractivity contribution in [2.75, 3.05) is 13.1 Å². The molecular formula is C15H25NO4. The van der Waals surface area contributed by atoms with Gasteiger partial charge in [-0.3, -0.25) is 4.79 Å². The summed E-state index contributed by atoms with van der Waals surface area (Å²) in [6.45, 7) is 6.34. The van der Waals surface area contributed by atoms with Gasteiger partial charge in [0.2, 0.25) is 0 Å². The van der Waals surface area contributed by atoms with Crippen LogP contribution in [0, 0.1) is 17.8 Å². The van der Waals surface area contributed by atoms with Gasteiger partial charge in [0.15, 0.2) is 0 Å². The van der Waals surface area contributed by atoms with E-state index in [1.807, 2.05) is 20.8 Å². The first-order valence-corrected chi connectivity index (χ1v) is 7.47. The molecule has 1 aliphatic heterocycles. The summed E-state index contributed by atoms with van der Waals surface area (Å²) in [5.74, 6) is -0.311. The second-order valence-electron chi connectivity index (χ2n) is 7.10. The molecule has 0 spiro atoms. The number of amides is 1. The number of carbonyl (C=O) groups excluding carboxylic acids is 1. The summed E-state index contributed by atoms with van der Waals surface area (Å²) in [5, 5.41) is 9.40. The van der Waals surface area contributed by atoms with Crippen LogP contribution in [0.3, 0.4) is 0 Å². The average Bonchev–Trinajstić information content (AvgIpc) is 3.10. The molecule has 0 unspecified atom stereocenters. The predicted octanol–water partition coefficient (Wildman–Crippen LogP) is 2.74. The molecule has 2 atom stereocenters. The Labute approximate surface area is 120 Å². The lowest BCUT2D eigenvalue weighted by atomic mass is 9.82. The molecule has 1 heterocycles. The highest BCUT2D eigenvalue weighted by Gasteiger charge is 2.39. The molecule has 5 nitrogen and oxygen atoms in total. The molecular weight excluding hydrogens is 258 g/mol. The number of nitrogens with zero attached hydrogens (tertiary/aromatic N) is 1. The van der Waals surface area contributed by atoms with Crippen molar-refractivity contribution in [3.63, 3.8) is 0 Å². The summed E-state index contributed by atoms with van der Waals surface area (Å²) in [6.07, 6.45) is 3.84. The van der Waals surface area contributed by atoms with Crippen molar-refractivity contribution in [2.45, 2.75) is 52.1 Å². The van der Waals surface area contributed by atoms with Crippen molar-refractivity contribution in [1.82, 2.24) is 4.90 Å². The fourth-order valence-electron chi connectivity index (χ4n) is 2.84. The van der Waals surface area contributed by atoms with Crippen molar-refractivity contribution >= 4 is 12.1 Å². The minimum atomic E-state index is -0.788. The molecule has 1 saturated carbocycles. The van der Waals surface area contributed by atoms with Gasteiger partial charge in [-0.1, -0.05) is 12.8 Å². The maximum absolute atomic E-state index is 12.0. The van der Waals surface area contributed by atoms with E-state index in [9.17, 15) is 14.7 Å². The molecule has 0 radical (unpaired) electrons. The molecule has 5 heteroatoms. The Morgan fingerprint density at radius 1 is 1.25 bits per heavy atom. The summed E-state index contributed by atoms with van der Waals surface area (Å²) < 4.78 is 5.33. The number of carbonyl (C=O) groups is 2. The number of piperidine rings is 1. The van der Waals surface area contributed by atoms with Crippen molar-refractivity contribution in [3.8, 4) is 0 Å². The molecule has 0 aromatic heterocycles. The second-order valence-corrected chi connectivity index (χ2v) is 7.10. The molecule has 1 N–H and O–H groups in total. The highest BCUT2D eigenvalue weighted by Crippen LogP contribution is 2.40. The van der Waals surface area contributed by atoms with E-state index in [0.717, 1.165) is 18.8 Å². The van der Waals surface area contributed by atoms with Crippen LogP contribution in [0.2, 0.25) is 0 Å². The number of rotatable bonds is 3. The number of aliphatic carboxylic acids is 1. The van der Waals surface area contributed by atoms with Crippen LogP contribution in [0.1, 0.15) is 46.5 Å². The zero-order chi connectivity index (χ0) is 14.9. The average molecular weight is 283 g/mol. The Hall–Kier alpha value is -1.26. The smallest absolute Gasteiger partial charge is 0.410 e. The SMILES string of the molecule is CC(C)(C)OC(=O)N1CC[C@H](CC2CC2)[C@@H](C(=O)O)C1. The molecule has 1 aliphatic carbocycles. The molecule has 2 aliphatic rings. The highest BCUT2D eigenvalue weighted by atomic mass is 16.6. The van der Waals surface area contributed by atoms with Crippen LogP contribution in [0.25, 0.3) is 0 Å². The van der Waals surface area contributed by atoms with E-state index in [-0.39, 0.29) is 12.5 Å². The van der Waals surface area contributed by atoms with Crippen molar-refractivity contribution in [1.29, 1.82) is 0 Å². The maximum Gasteiger partial charge on any atom is 0.410 e. The largest absolute Gasteiger partial charge is 0.481 e. The third-order valence-electron chi connectivity index (χ3n) is 4.06. The lowest BCUT2D eigenvalue weighted by molar-refractivity contribution is -0.146. The standard InChI is InChI=1S/C15H25NO4/c1-15(2,3)20-14(19)16-7-6-11(8-10-4-5-10)12(9-16)13(17)18/h10-12H,4-9H2,1-3H3,(H,17,18)/t11-,12+/m1/s1. The van der Waals surface area contributed by atoms with Gasteiger partial charge in [0.05, 0.1) is 5.92 Å². The molecule has 114 valence electrons. The van der Waals surface area contributed by atoms with Gasteiger partial charge in [0.25, 0.3) is 0 Å². The van der Waals surface area contributed by atoms with Gasteiger partial charge in [-0.05, 0) is 45.4 Å². The minimum absolute atomic E-state index is 0.207. The fourth-order valence-corrected chi connectivity index (χ4v) is 2.84. The van der Waals surface area contributed by atoms with Crippen LogP contribution in [0.4, 0.5) is 4.79 Å². The molecule has 0 bridgehead atoms. The van der Waals surface area contributed by atoms with Gasteiger partial charge >= 0.3 is 12.1 Å². The summed E-state index contributed by atoms with van der Waals surface area (Å²) in [6, 6.07) is 0. The number of hydrogen-bond donors (Lipinski definition) is 1. The van der Waals surface area contributed by atoms with Crippen molar-refractivity contribution in [2.24, 2.45) is 17.8 Å². The third kappa shape index (κ3) is 4.12. The minimum Gasteiger partial charge on any atom is -0.481 e. The first-order chi connectivity index (χ1) is 9.26. The van der Waals surface area contributed by atoms with E-state index >= 15 is 0 Å². The summed E-state index contributed by atoms with van der Waals surface area (Å²) in [4.78, 5) is 25.0. The molecule has 20 heavy (non-hydrogen) atoms. The first-order valence-electron chi connectivity index (χ1n) is 7.47. The van der Waals surface area contributed by atoms with E-state index in [1.54, 1.807) is 4.90 Å². The van der Waals surface area contributed by atoms with Gasteiger partial charge in [-0.25, -0.2) is 4.79 Å². The number of carboxylic acid groups (broad SMARTS) is 1. The lowest BCUT2D eigenvalue weighted by Crippen LogP contribution is -2.48. The number of ether oxygens (including phenoxy) is 1. The lowest BCUT2D eigenvalue weighted by Gasteiger charge is -2.37. The quantitative estimate of drug-likeness (QED) is 0.864. The van der Waals surface area contributed by atoms with Gasteiger partial charge in [0, 0.05) is 13.1 Å². The molecule has 0 aromatic rings. The van der Waals surface area contributed by atoms with E-state index < -0.39 is 23.6 Å². The van der Waals surface area contributed by atoms with Gasteiger partial charge in [-0.15, -0.1) is 0 Å². The normalized spacial score (nSPS) is 27.2. The van der Waals surface area contributed by atoms with Crippen LogP contribution in [0.5, 0.6) is 0 Å². The zero-order valence-corrected chi connectivity index (χ0v) is 12.6. The van der Waals surface area contributed by atoms with Crippen molar-refractivity contribution < 1.29 is 19.4 Å². The van der Waals surface area contributed by atoms with Crippen LogP contribution in [-0.4, -0.2) is 40.8 Å². The Morgan fingerprint density at radius 2 is 1.90 bits per heavy atom. The van der Waals surface area contributed by atoms with Crippen LogP contribution < -0.4 is 0 Å². The molecule has 2 rings (SSSR count). The van der Waals surface area contributed by atoms with E-state index in [1.165, 1.54) is 12.8 Å². The summed E-state index contributed by atoms with van der Waals surface area (Å²) in [5.41, 5.74) is -0.541. The molecule has 1 saturated heterocycles. The van der Waals surface area contributed by atoms with E-state index in [4.69, 9.17) is 4.74 Å². The van der Waals surface area contributed by atoms with E-state index in [0.29, 0.717) is 6.54 Å².